The zero-order valence-electron chi connectivity index (χ0n) is 18.4. The van der Waals surface area contributed by atoms with Crippen molar-refractivity contribution in [3.05, 3.63) is 72.1 Å². The van der Waals surface area contributed by atoms with E-state index in [1.54, 1.807) is 6.07 Å². The molecular formula is C21H13F6N9O. The first kappa shape index (κ1) is 24.0. The van der Waals surface area contributed by atoms with Crippen molar-refractivity contribution >= 4 is 17.2 Å². The highest BCUT2D eigenvalue weighted by molar-refractivity contribution is 6.05. The number of carbonyl (C=O) groups excluding carboxylic acids is 1. The van der Waals surface area contributed by atoms with Crippen LogP contribution in [0, 0.1) is 0 Å². The Morgan fingerprint density at radius 3 is 2.38 bits per heavy atom. The van der Waals surface area contributed by atoms with Crippen LogP contribution in [0.1, 0.15) is 21.6 Å². The van der Waals surface area contributed by atoms with E-state index >= 15 is 0 Å². The summed E-state index contributed by atoms with van der Waals surface area (Å²) in [6.45, 7) is 0. The number of amides is 1. The maximum atomic E-state index is 14.2. The van der Waals surface area contributed by atoms with Crippen molar-refractivity contribution < 1.29 is 31.1 Å². The summed E-state index contributed by atoms with van der Waals surface area (Å²) in [5.41, 5.74) is -4.29. The molecule has 5 heterocycles. The van der Waals surface area contributed by atoms with Gasteiger partial charge in [-0.05, 0) is 18.2 Å². The summed E-state index contributed by atoms with van der Waals surface area (Å²) < 4.78 is 85.8. The Kier molecular flexibility index (Phi) is 5.45. The Bertz CT molecular complexity index is 1620. The van der Waals surface area contributed by atoms with Gasteiger partial charge in [0.1, 0.15) is 28.2 Å². The number of hydrogen-bond acceptors (Lipinski definition) is 6. The molecule has 5 aromatic rings. The van der Waals surface area contributed by atoms with Gasteiger partial charge in [-0.1, -0.05) is 6.07 Å². The van der Waals surface area contributed by atoms with Crippen molar-refractivity contribution in [3.8, 4) is 17.2 Å². The maximum Gasteiger partial charge on any atom is 0.420 e. The molecule has 190 valence electrons. The van der Waals surface area contributed by atoms with Crippen LogP contribution in [0.15, 0.2) is 55.2 Å². The second kappa shape index (κ2) is 8.42. The maximum absolute atomic E-state index is 14.2. The lowest BCUT2D eigenvalue weighted by atomic mass is 10.1. The Morgan fingerprint density at radius 1 is 0.973 bits per heavy atom. The quantitative estimate of drug-likeness (QED) is 0.359. The van der Waals surface area contributed by atoms with Gasteiger partial charge >= 0.3 is 12.4 Å². The molecular weight excluding hydrogens is 508 g/mol. The zero-order chi connectivity index (χ0) is 26.5. The van der Waals surface area contributed by atoms with E-state index in [0.29, 0.717) is 21.2 Å². The number of carbonyl (C=O) groups is 1. The Morgan fingerprint density at radius 2 is 1.70 bits per heavy atom. The van der Waals surface area contributed by atoms with E-state index in [4.69, 9.17) is 0 Å². The van der Waals surface area contributed by atoms with Crippen LogP contribution in [0.2, 0.25) is 0 Å². The fraction of sp³-hybridized carbons (Fsp3) is 0.143. The number of hydrogen-bond donors (Lipinski definition) is 1. The monoisotopic (exact) mass is 521 g/mol. The van der Waals surface area contributed by atoms with Gasteiger partial charge < -0.3 is 5.32 Å². The van der Waals surface area contributed by atoms with Crippen molar-refractivity contribution in [3.63, 3.8) is 0 Å². The molecule has 0 fully saturated rings. The normalized spacial score (nSPS) is 12.3. The van der Waals surface area contributed by atoms with Gasteiger partial charge in [-0.25, -0.2) is 9.97 Å². The molecule has 0 aliphatic carbocycles. The Labute approximate surface area is 202 Å². The van der Waals surface area contributed by atoms with Gasteiger partial charge in [0.05, 0.1) is 30.0 Å². The minimum atomic E-state index is -5.04. The number of aromatic nitrogens is 8. The van der Waals surface area contributed by atoms with E-state index < -0.39 is 52.3 Å². The zero-order valence-corrected chi connectivity index (χ0v) is 18.4. The summed E-state index contributed by atoms with van der Waals surface area (Å²) in [5.74, 6) is -2.02. The molecule has 0 saturated heterocycles. The number of fused-ring (bicyclic) bond motifs is 1. The van der Waals surface area contributed by atoms with Crippen LogP contribution >= 0.6 is 0 Å². The molecule has 0 unspecified atom stereocenters. The second-order valence-electron chi connectivity index (χ2n) is 7.63. The minimum Gasteiger partial charge on any atom is -0.319 e. The lowest BCUT2D eigenvalue weighted by Crippen LogP contribution is -2.22. The summed E-state index contributed by atoms with van der Waals surface area (Å²) >= 11 is 0. The first-order valence-electron chi connectivity index (χ1n) is 10.3. The van der Waals surface area contributed by atoms with Crippen LogP contribution in [-0.2, 0) is 19.4 Å². The predicted molar refractivity (Wildman–Crippen MR) is 115 cm³/mol. The third kappa shape index (κ3) is 4.25. The molecule has 5 rings (SSSR count). The number of nitrogens with zero attached hydrogens (tertiary/aromatic N) is 8. The van der Waals surface area contributed by atoms with Gasteiger partial charge in [0.2, 0.25) is 0 Å². The molecule has 1 amide bonds. The summed E-state index contributed by atoms with van der Waals surface area (Å²) in [4.78, 5) is 21.3. The number of alkyl halides is 6. The summed E-state index contributed by atoms with van der Waals surface area (Å²) in [7, 11) is 1.12. The Balaban J connectivity index is 1.59. The molecule has 0 saturated carbocycles. The van der Waals surface area contributed by atoms with E-state index in [-0.39, 0.29) is 5.69 Å². The van der Waals surface area contributed by atoms with Gasteiger partial charge in [-0.3, -0.25) is 13.9 Å². The number of rotatable bonds is 4. The number of pyridine rings is 2. The van der Waals surface area contributed by atoms with Gasteiger partial charge in [-0.2, -0.15) is 41.6 Å². The molecule has 16 heteroatoms. The molecule has 10 nitrogen and oxygen atoms in total. The van der Waals surface area contributed by atoms with Gasteiger partial charge in [0, 0.05) is 19.4 Å². The summed E-state index contributed by atoms with van der Waals surface area (Å²) in [6.07, 6.45) is -4.03. The van der Waals surface area contributed by atoms with Crippen LogP contribution in [0.4, 0.5) is 32.0 Å². The highest BCUT2D eigenvalue weighted by Gasteiger charge is 2.43. The first-order chi connectivity index (χ1) is 17.4. The number of halogens is 6. The smallest absolute Gasteiger partial charge is 0.319 e. The van der Waals surface area contributed by atoms with Crippen molar-refractivity contribution in [2.45, 2.75) is 12.4 Å². The van der Waals surface area contributed by atoms with Crippen LogP contribution in [-0.4, -0.2) is 45.1 Å². The van der Waals surface area contributed by atoms with E-state index in [1.807, 2.05) is 0 Å². The topological polar surface area (TPSA) is 108 Å². The van der Waals surface area contributed by atoms with Crippen molar-refractivity contribution in [2.24, 2.45) is 7.05 Å². The summed E-state index contributed by atoms with van der Waals surface area (Å²) in [6, 6.07) is 4.95. The lowest BCUT2D eigenvalue weighted by molar-refractivity contribution is -0.138. The second-order valence-corrected chi connectivity index (χ2v) is 7.63. The molecule has 0 aliphatic rings. The standard InChI is InChI=1S/C21H13F6N9O/c1-34-17(15(21(25,26)27)16(33-34)13-3-2-4-14-28-7-8-35(13)14)19(37)32-11-9-12(20(22,23)24)18(29-10-11)36-30-5-6-31-36/h2-10H,1H3,(H,32,37). The van der Waals surface area contributed by atoms with E-state index in [1.165, 1.54) is 28.9 Å². The van der Waals surface area contributed by atoms with Crippen LogP contribution < -0.4 is 5.32 Å². The molecule has 0 radical (unpaired) electrons. The lowest BCUT2D eigenvalue weighted by Gasteiger charge is -2.14. The first-order valence-corrected chi connectivity index (χ1v) is 10.3. The highest BCUT2D eigenvalue weighted by atomic mass is 19.4. The van der Waals surface area contributed by atoms with Crippen molar-refractivity contribution in [2.75, 3.05) is 5.32 Å². The fourth-order valence-electron chi connectivity index (χ4n) is 3.78. The minimum absolute atomic E-state index is 0.00840. The third-order valence-electron chi connectivity index (χ3n) is 5.25. The number of imidazole rings is 1. The van der Waals surface area contributed by atoms with Crippen molar-refractivity contribution in [1.82, 2.24) is 39.1 Å². The average molecular weight is 521 g/mol. The Hall–Kier alpha value is -4.76. The van der Waals surface area contributed by atoms with Gasteiger partial charge in [0.25, 0.3) is 5.91 Å². The largest absolute Gasteiger partial charge is 0.420 e. The summed E-state index contributed by atoms with van der Waals surface area (Å²) in [5, 5.41) is 13.2. The molecule has 0 aromatic carbocycles. The van der Waals surface area contributed by atoms with E-state index in [2.05, 4.69) is 30.6 Å². The molecule has 5 aromatic heterocycles. The molecule has 0 aliphatic heterocycles. The molecule has 0 spiro atoms. The number of nitrogens with one attached hydrogen (secondary N) is 1. The third-order valence-corrected chi connectivity index (χ3v) is 5.25. The molecule has 0 bridgehead atoms. The van der Waals surface area contributed by atoms with Crippen LogP contribution in [0.25, 0.3) is 22.9 Å². The highest BCUT2D eigenvalue weighted by Crippen LogP contribution is 2.40. The SMILES string of the molecule is Cn1nc(-c2cccc3nccn23)c(C(F)(F)F)c1C(=O)Nc1cnc(-n2nccn2)c(C(F)(F)F)c1. The van der Waals surface area contributed by atoms with Crippen LogP contribution in [0.3, 0.4) is 0 Å². The molecule has 1 N–H and O–H groups in total. The number of aryl methyl sites for hydroxylation is 1. The molecule has 0 atom stereocenters. The van der Waals surface area contributed by atoms with Crippen molar-refractivity contribution in [1.29, 1.82) is 0 Å². The van der Waals surface area contributed by atoms with Gasteiger partial charge in [0.15, 0.2) is 5.82 Å². The number of anilines is 1. The average Bonchev–Trinajstić information content (AvgIpc) is 3.57. The van der Waals surface area contributed by atoms with E-state index in [0.717, 1.165) is 25.6 Å². The fourth-order valence-corrected chi connectivity index (χ4v) is 3.78. The van der Waals surface area contributed by atoms with E-state index in [9.17, 15) is 31.1 Å². The van der Waals surface area contributed by atoms with Gasteiger partial charge in [-0.15, -0.1) is 4.80 Å². The predicted octanol–water partition coefficient (Wildman–Crippen LogP) is 4.00. The van der Waals surface area contributed by atoms with Crippen LogP contribution in [0.5, 0.6) is 0 Å². The molecule has 37 heavy (non-hydrogen) atoms.